The summed E-state index contributed by atoms with van der Waals surface area (Å²) >= 11 is 0. The summed E-state index contributed by atoms with van der Waals surface area (Å²) in [4.78, 5) is 23.2. The molecule has 1 aliphatic rings. The van der Waals surface area contributed by atoms with E-state index in [1.54, 1.807) is 19.1 Å². The lowest BCUT2D eigenvalue weighted by Crippen LogP contribution is -2.34. The number of carbonyl (C=O) groups is 1. The molecule has 1 aliphatic carbocycles. The van der Waals surface area contributed by atoms with E-state index in [0.717, 1.165) is 11.1 Å². The van der Waals surface area contributed by atoms with E-state index < -0.39 is 23.0 Å². The smallest absolute Gasteiger partial charge is 0.285 e. The quantitative estimate of drug-likeness (QED) is 0.672. The Kier molecular flexibility index (Phi) is 3.83. The molecule has 6 nitrogen and oxygen atoms in total. The molecule has 3 rings (SSSR count). The molecule has 2 atom stereocenters. The Labute approximate surface area is 132 Å². The zero-order chi connectivity index (χ0) is 16.6. The summed E-state index contributed by atoms with van der Waals surface area (Å²) in [6.07, 6.45) is -0.281. The van der Waals surface area contributed by atoms with Crippen LogP contribution in [0.2, 0.25) is 0 Å². The van der Waals surface area contributed by atoms with Crippen molar-refractivity contribution >= 4 is 11.6 Å². The maximum atomic E-state index is 12.5. The molecule has 0 bridgehead atoms. The van der Waals surface area contributed by atoms with Crippen LogP contribution in [0.25, 0.3) is 0 Å². The van der Waals surface area contributed by atoms with Gasteiger partial charge in [0.15, 0.2) is 0 Å². The van der Waals surface area contributed by atoms with Gasteiger partial charge in [0.05, 0.1) is 17.1 Å². The molecule has 1 amide bonds. The minimum Gasteiger partial charge on any atom is -0.390 e. The van der Waals surface area contributed by atoms with Crippen molar-refractivity contribution in [2.75, 3.05) is 0 Å². The van der Waals surface area contributed by atoms with E-state index in [-0.39, 0.29) is 11.3 Å². The number of nitrogens with one attached hydrogen (secondary N) is 1. The number of benzene rings is 2. The van der Waals surface area contributed by atoms with Crippen molar-refractivity contribution in [3.63, 3.8) is 0 Å². The molecule has 0 spiro atoms. The largest absolute Gasteiger partial charge is 0.390 e. The summed E-state index contributed by atoms with van der Waals surface area (Å²) in [5, 5.41) is 24.1. The highest BCUT2D eigenvalue weighted by Crippen LogP contribution is 2.32. The lowest BCUT2D eigenvalue weighted by Gasteiger charge is -2.18. The van der Waals surface area contributed by atoms with E-state index in [1.165, 1.54) is 6.07 Å². The van der Waals surface area contributed by atoms with Crippen LogP contribution in [-0.4, -0.2) is 22.0 Å². The second-order valence-corrected chi connectivity index (χ2v) is 5.65. The summed E-state index contributed by atoms with van der Waals surface area (Å²) in [6, 6.07) is 11.5. The van der Waals surface area contributed by atoms with E-state index in [2.05, 4.69) is 5.32 Å². The van der Waals surface area contributed by atoms with Crippen LogP contribution in [0.4, 0.5) is 5.69 Å². The van der Waals surface area contributed by atoms with Gasteiger partial charge >= 0.3 is 0 Å². The molecular formula is C17H16N2O4. The van der Waals surface area contributed by atoms with E-state index in [0.29, 0.717) is 12.0 Å². The Morgan fingerprint density at radius 1 is 1.26 bits per heavy atom. The van der Waals surface area contributed by atoms with E-state index >= 15 is 0 Å². The fraction of sp³-hybridized carbons (Fsp3) is 0.235. The number of rotatable bonds is 3. The van der Waals surface area contributed by atoms with Gasteiger partial charge < -0.3 is 10.4 Å². The van der Waals surface area contributed by atoms with Crippen LogP contribution in [0.15, 0.2) is 42.5 Å². The third-order valence-electron chi connectivity index (χ3n) is 4.16. The summed E-state index contributed by atoms with van der Waals surface area (Å²) in [6.45, 7) is 1.59. The molecule has 6 heteroatoms. The van der Waals surface area contributed by atoms with Crippen molar-refractivity contribution in [2.45, 2.75) is 25.5 Å². The number of aliphatic hydroxyl groups is 1. The van der Waals surface area contributed by atoms with Crippen LogP contribution in [0.1, 0.15) is 33.1 Å². The van der Waals surface area contributed by atoms with Gasteiger partial charge in [0.2, 0.25) is 0 Å². The second kappa shape index (κ2) is 5.81. The van der Waals surface area contributed by atoms with Gasteiger partial charge in [-0.3, -0.25) is 14.9 Å². The zero-order valence-electron chi connectivity index (χ0n) is 12.5. The number of aliphatic hydroxyl groups excluding tert-OH is 1. The summed E-state index contributed by atoms with van der Waals surface area (Å²) < 4.78 is 0. The van der Waals surface area contributed by atoms with Crippen molar-refractivity contribution in [3.05, 3.63) is 74.8 Å². The van der Waals surface area contributed by atoms with Gasteiger partial charge in [0, 0.05) is 12.0 Å². The third-order valence-corrected chi connectivity index (χ3v) is 4.16. The Hall–Kier alpha value is -2.73. The first-order chi connectivity index (χ1) is 11.0. The minimum atomic E-state index is -0.736. The lowest BCUT2D eigenvalue weighted by molar-refractivity contribution is -0.385. The average molecular weight is 312 g/mol. The maximum Gasteiger partial charge on any atom is 0.285 e. The van der Waals surface area contributed by atoms with Crippen LogP contribution in [0.5, 0.6) is 0 Å². The highest BCUT2D eigenvalue weighted by molar-refractivity contribution is 5.99. The van der Waals surface area contributed by atoms with Crippen LogP contribution in [0, 0.1) is 17.0 Å². The molecule has 0 heterocycles. The second-order valence-electron chi connectivity index (χ2n) is 5.65. The maximum absolute atomic E-state index is 12.5. The van der Waals surface area contributed by atoms with Crippen LogP contribution < -0.4 is 5.32 Å². The first kappa shape index (κ1) is 15.2. The average Bonchev–Trinajstić information content (AvgIpc) is 2.82. The molecule has 118 valence electrons. The van der Waals surface area contributed by atoms with E-state index in [1.807, 2.05) is 24.3 Å². The van der Waals surface area contributed by atoms with Crippen LogP contribution in [-0.2, 0) is 6.42 Å². The number of aryl methyl sites for hydroxylation is 1. The Morgan fingerprint density at radius 3 is 2.74 bits per heavy atom. The molecule has 0 aliphatic heterocycles. The summed E-state index contributed by atoms with van der Waals surface area (Å²) in [5.74, 6) is -0.554. The number of hydrogen-bond donors (Lipinski definition) is 2. The number of fused-ring (bicyclic) bond motifs is 1. The third kappa shape index (κ3) is 2.68. The molecule has 2 aromatic carbocycles. The predicted molar refractivity (Wildman–Crippen MR) is 84.2 cm³/mol. The number of para-hydroxylation sites is 1. The van der Waals surface area contributed by atoms with Crippen molar-refractivity contribution in [3.8, 4) is 0 Å². The number of hydrogen-bond acceptors (Lipinski definition) is 4. The number of nitrogens with zero attached hydrogens (tertiary/aromatic N) is 1. The highest BCUT2D eigenvalue weighted by Gasteiger charge is 2.33. The molecule has 23 heavy (non-hydrogen) atoms. The first-order valence-electron chi connectivity index (χ1n) is 7.29. The summed E-state index contributed by atoms with van der Waals surface area (Å²) in [7, 11) is 0. The standard InChI is InChI=1S/C17H16N2O4/c1-10-5-4-8-13(16(10)19(22)23)17(21)18-15-12-7-3-2-6-11(12)9-14(15)20/h2-8,14-15,20H,9H2,1H3,(H,18,21). The number of nitro groups is 1. The topological polar surface area (TPSA) is 92.5 Å². The van der Waals surface area contributed by atoms with Crippen LogP contribution in [0.3, 0.4) is 0 Å². The molecule has 2 aromatic rings. The van der Waals surface area contributed by atoms with E-state index in [4.69, 9.17) is 0 Å². The van der Waals surface area contributed by atoms with Gasteiger partial charge in [-0.25, -0.2) is 0 Å². The fourth-order valence-corrected chi connectivity index (χ4v) is 3.05. The normalized spacial score (nSPS) is 19.2. The van der Waals surface area contributed by atoms with Gasteiger partial charge in [0.25, 0.3) is 11.6 Å². The fourth-order valence-electron chi connectivity index (χ4n) is 3.05. The molecule has 0 aromatic heterocycles. The monoisotopic (exact) mass is 312 g/mol. The highest BCUT2D eigenvalue weighted by atomic mass is 16.6. The zero-order valence-corrected chi connectivity index (χ0v) is 12.5. The van der Waals surface area contributed by atoms with Crippen LogP contribution >= 0.6 is 0 Å². The molecule has 0 radical (unpaired) electrons. The van der Waals surface area contributed by atoms with Crippen molar-refractivity contribution < 1.29 is 14.8 Å². The SMILES string of the molecule is Cc1cccc(C(=O)NC2c3ccccc3CC2O)c1[N+](=O)[O-]. The van der Waals surface area contributed by atoms with Gasteiger partial charge in [-0.15, -0.1) is 0 Å². The predicted octanol–water partition coefficient (Wildman–Crippen LogP) is 2.29. The number of nitro benzene ring substituents is 1. The molecule has 0 saturated carbocycles. The number of carbonyl (C=O) groups excluding carboxylic acids is 1. The Balaban J connectivity index is 1.92. The van der Waals surface area contributed by atoms with Gasteiger partial charge in [-0.1, -0.05) is 36.4 Å². The first-order valence-corrected chi connectivity index (χ1v) is 7.29. The number of amides is 1. The van der Waals surface area contributed by atoms with Gasteiger partial charge in [-0.05, 0) is 24.1 Å². The van der Waals surface area contributed by atoms with Crippen molar-refractivity contribution in [2.24, 2.45) is 0 Å². The summed E-state index contributed by atoms with van der Waals surface area (Å²) in [5.41, 5.74) is 2.06. The van der Waals surface area contributed by atoms with Gasteiger partial charge in [-0.2, -0.15) is 0 Å². The molecule has 2 N–H and O–H groups in total. The Bertz CT molecular complexity index is 788. The van der Waals surface area contributed by atoms with E-state index in [9.17, 15) is 20.0 Å². The minimum absolute atomic E-state index is 0.00609. The molecule has 2 unspecified atom stereocenters. The lowest BCUT2D eigenvalue weighted by atomic mass is 10.0. The van der Waals surface area contributed by atoms with Gasteiger partial charge in [0.1, 0.15) is 5.56 Å². The molecule has 0 fully saturated rings. The molecular weight excluding hydrogens is 296 g/mol. The molecule has 0 saturated heterocycles. The Morgan fingerprint density at radius 2 is 2.00 bits per heavy atom. The van der Waals surface area contributed by atoms with Crippen molar-refractivity contribution in [1.82, 2.24) is 5.32 Å². The van der Waals surface area contributed by atoms with Crippen molar-refractivity contribution in [1.29, 1.82) is 0 Å².